The van der Waals surface area contributed by atoms with Crippen molar-refractivity contribution >= 4 is 23.6 Å². The van der Waals surface area contributed by atoms with Crippen LogP contribution >= 0.6 is 0 Å². The predicted octanol–water partition coefficient (Wildman–Crippen LogP) is 2.43. The maximum absolute atomic E-state index is 13.4. The molecule has 7 nitrogen and oxygen atoms in total. The second-order valence-corrected chi connectivity index (χ2v) is 7.55. The zero-order valence-corrected chi connectivity index (χ0v) is 17.1. The number of imide groups is 1. The van der Waals surface area contributed by atoms with Gasteiger partial charge in [0.15, 0.2) is 0 Å². The monoisotopic (exact) mass is 418 g/mol. The zero-order chi connectivity index (χ0) is 22.0. The summed E-state index contributed by atoms with van der Waals surface area (Å²) in [6.07, 6.45) is 3.65. The highest BCUT2D eigenvalue weighted by atomic mass is 16.5. The Morgan fingerprint density at radius 1 is 1.00 bits per heavy atom. The molecule has 0 radical (unpaired) electrons. The number of fused-ring (bicyclic) bond motifs is 1. The number of amides is 2. The first-order valence-corrected chi connectivity index (χ1v) is 10.0. The molecule has 7 heteroatoms. The maximum atomic E-state index is 13.4. The van der Waals surface area contributed by atoms with E-state index >= 15 is 0 Å². The van der Waals surface area contributed by atoms with Crippen molar-refractivity contribution in [1.82, 2.24) is 9.80 Å². The molecule has 0 N–H and O–H groups in total. The summed E-state index contributed by atoms with van der Waals surface area (Å²) in [5.41, 5.74) is 1.59. The third-order valence-electron chi connectivity index (χ3n) is 5.66. The molecule has 2 atom stereocenters. The van der Waals surface area contributed by atoms with Crippen LogP contribution in [-0.2, 0) is 20.9 Å². The van der Waals surface area contributed by atoms with Crippen molar-refractivity contribution in [1.29, 1.82) is 0 Å². The van der Waals surface area contributed by atoms with Crippen LogP contribution in [0.5, 0.6) is 0 Å². The van der Waals surface area contributed by atoms with E-state index in [-0.39, 0.29) is 30.2 Å². The van der Waals surface area contributed by atoms with Crippen molar-refractivity contribution in [3.05, 3.63) is 83.6 Å². The quantitative estimate of drug-likeness (QED) is 0.560. The van der Waals surface area contributed by atoms with Crippen molar-refractivity contribution in [3.8, 4) is 0 Å². The molecule has 0 saturated carbocycles. The van der Waals surface area contributed by atoms with Gasteiger partial charge in [0.25, 0.3) is 11.8 Å². The topological polar surface area (TPSA) is 84.0 Å². The highest BCUT2D eigenvalue weighted by Gasteiger charge is 2.45. The van der Waals surface area contributed by atoms with E-state index in [0.717, 1.165) is 10.5 Å². The van der Waals surface area contributed by atoms with Crippen molar-refractivity contribution in [2.75, 3.05) is 13.7 Å². The van der Waals surface area contributed by atoms with Crippen LogP contribution in [0.4, 0.5) is 0 Å². The van der Waals surface area contributed by atoms with Crippen LogP contribution in [0.2, 0.25) is 0 Å². The summed E-state index contributed by atoms with van der Waals surface area (Å²) in [5, 5.41) is 0. The molecule has 2 heterocycles. The smallest absolute Gasteiger partial charge is 0.337 e. The normalized spacial score (nSPS) is 20.4. The number of carbonyl (C=O) groups is 4. The molecule has 2 aromatic carbocycles. The van der Waals surface area contributed by atoms with Crippen LogP contribution in [0.3, 0.4) is 0 Å². The van der Waals surface area contributed by atoms with E-state index in [1.807, 2.05) is 35.2 Å². The van der Waals surface area contributed by atoms with E-state index in [9.17, 15) is 19.2 Å². The fraction of sp³-hybridized carbons (Fsp3) is 0.250. The van der Waals surface area contributed by atoms with Crippen LogP contribution in [-0.4, -0.2) is 53.1 Å². The lowest BCUT2D eigenvalue weighted by molar-refractivity contribution is -0.134. The number of benzene rings is 2. The highest BCUT2D eigenvalue weighted by molar-refractivity contribution is 6.09. The third kappa shape index (κ3) is 3.99. The van der Waals surface area contributed by atoms with Gasteiger partial charge in [0, 0.05) is 25.1 Å². The van der Waals surface area contributed by atoms with Gasteiger partial charge in [-0.25, -0.2) is 4.79 Å². The second-order valence-electron chi connectivity index (χ2n) is 7.55. The number of carbonyl (C=O) groups excluding carboxylic acids is 4. The summed E-state index contributed by atoms with van der Waals surface area (Å²) < 4.78 is 4.67. The minimum atomic E-state index is -0.742. The number of ketones is 1. The summed E-state index contributed by atoms with van der Waals surface area (Å²) in [5.74, 6) is -2.00. The number of hydrogen-bond donors (Lipinski definition) is 0. The Labute approximate surface area is 179 Å². The van der Waals surface area contributed by atoms with Crippen LogP contribution in [0.15, 0.2) is 66.9 Å². The van der Waals surface area contributed by atoms with E-state index in [0.29, 0.717) is 12.1 Å². The third-order valence-corrected chi connectivity index (χ3v) is 5.66. The molecule has 2 aromatic rings. The van der Waals surface area contributed by atoms with Crippen LogP contribution < -0.4 is 0 Å². The van der Waals surface area contributed by atoms with Gasteiger partial charge in [0.2, 0.25) is 0 Å². The molecule has 31 heavy (non-hydrogen) atoms. The van der Waals surface area contributed by atoms with Crippen molar-refractivity contribution in [2.24, 2.45) is 5.92 Å². The Morgan fingerprint density at radius 3 is 2.35 bits per heavy atom. The number of Topliss-reactive ketones (excluding diaryl/α,β-unsaturated/α-hetero) is 1. The average Bonchev–Trinajstić information content (AvgIpc) is 3.17. The number of likely N-dealkylation sites (tertiary alicyclic amines) is 1. The van der Waals surface area contributed by atoms with E-state index in [4.69, 9.17) is 0 Å². The largest absolute Gasteiger partial charge is 0.465 e. The van der Waals surface area contributed by atoms with Crippen molar-refractivity contribution in [3.63, 3.8) is 0 Å². The molecule has 1 fully saturated rings. The predicted molar refractivity (Wildman–Crippen MR) is 112 cm³/mol. The second kappa shape index (κ2) is 8.55. The summed E-state index contributed by atoms with van der Waals surface area (Å²) in [7, 11) is 1.28. The zero-order valence-electron chi connectivity index (χ0n) is 17.1. The number of hydrogen-bond acceptors (Lipinski definition) is 6. The summed E-state index contributed by atoms with van der Waals surface area (Å²) in [6.45, 7) is 0.503. The SMILES string of the molecule is COC(=O)c1ccc(C(=O)N2CCC(=O)C3C=CN(Cc4ccccc4)C3C2=O)cc1. The number of nitrogens with zero attached hydrogens (tertiary/aromatic N) is 2. The Hall–Kier alpha value is -3.74. The molecule has 2 aliphatic heterocycles. The van der Waals surface area contributed by atoms with Gasteiger partial charge in [-0.3, -0.25) is 19.3 Å². The minimum Gasteiger partial charge on any atom is -0.465 e. The van der Waals surface area contributed by atoms with Gasteiger partial charge in [-0.1, -0.05) is 36.4 Å². The van der Waals surface area contributed by atoms with E-state index < -0.39 is 23.8 Å². The average molecular weight is 418 g/mol. The molecule has 0 spiro atoms. The Bertz CT molecular complexity index is 1050. The van der Waals surface area contributed by atoms with Gasteiger partial charge in [0.1, 0.15) is 11.8 Å². The van der Waals surface area contributed by atoms with Crippen LogP contribution in [0.25, 0.3) is 0 Å². The fourth-order valence-corrected chi connectivity index (χ4v) is 4.01. The van der Waals surface area contributed by atoms with Gasteiger partial charge < -0.3 is 9.64 Å². The summed E-state index contributed by atoms with van der Waals surface area (Å²) in [4.78, 5) is 53.8. The van der Waals surface area contributed by atoms with Gasteiger partial charge in [-0.05, 0) is 36.0 Å². The summed E-state index contributed by atoms with van der Waals surface area (Å²) in [6, 6.07) is 14.9. The van der Waals surface area contributed by atoms with Crippen molar-refractivity contribution in [2.45, 2.75) is 19.0 Å². The maximum Gasteiger partial charge on any atom is 0.337 e. The molecular formula is C24H22N2O5. The number of ether oxygens (including phenoxy) is 1. The molecule has 2 aliphatic rings. The molecule has 4 rings (SSSR count). The lowest BCUT2D eigenvalue weighted by atomic mass is 9.95. The molecule has 1 saturated heterocycles. The first-order chi connectivity index (χ1) is 15.0. The van der Waals surface area contributed by atoms with Crippen LogP contribution in [0.1, 0.15) is 32.7 Å². The molecule has 0 aromatic heterocycles. The van der Waals surface area contributed by atoms with E-state index in [1.165, 1.54) is 31.4 Å². The lowest BCUT2D eigenvalue weighted by Crippen LogP contribution is -2.49. The molecule has 0 aliphatic carbocycles. The van der Waals surface area contributed by atoms with E-state index in [1.54, 1.807) is 12.3 Å². The molecular weight excluding hydrogens is 396 g/mol. The number of esters is 1. The van der Waals surface area contributed by atoms with Crippen LogP contribution in [0, 0.1) is 5.92 Å². The Balaban J connectivity index is 1.58. The van der Waals surface area contributed by atoms with Gasteiger partial charge in [-0.15, -0.1) is 0 Å². The summed E-state index contributed by atoms with van der Waals surface area (Å²) >= 11 is 0. The highest BCUT2D eigenvalue weighted by Crippen LogP contribution is 2.30. The van der Waals surface area contributed by atoms with Gasteiger partial charge in [0.05, 0.1) is 18.6 Å². The molecule has 0 bridgehead atoms. The van der Waals surface area contributed by atoms with Gasteiger partial charge in [-0.2, -0.15) is 0 Å². The molecule has 2 amide bonds. The van der Waals surface area contributed by atoms with Crippen molar-refractivity contribution < 1.29 is 23.9 Å². The number of methoxy groups -OCH3 is 1. The Morgan fingerprint density at radius 2 is 1.68 bits per heavy atom. The first kappa shape index (κ1) is 20.5. The Kier molecular flexibility index (Phi) is 5.66. The first-order valence-electron chi connectivity index (χ1n) is 10.0. The molecule has 2 unspecified atom stereocenters. The molecule has 158 valence electrons. The standard InChI is InChI=1S/C24H22N2O5/c1-31-24(30)18-9-7-17(8-10-18)22(28)26-14-12-20(27)19-11-13-25(21(19)23(26)29)15-16-5-3-2-4-6-16/h2-11,13,19,21H,12,14-15H2,1H3. The van der Waals surface area contributed by atoms with Gasteiger partial charge >= 0.3 is 5.97 Å². The minimum absolute atomic E-state index is 0.0370. The number of rotatable bonds is 4. The van der Waals surface area contributed by atoms with E-state index in [2.05, 4.69) is 4.74 Å². The lowest BCUT2D eigenvalue weighted by Gasteiger charge is -2.30. The fourth-order valence-electron chi connectivity index (χ4n) is 4.01.